The third-order valence-corrected chi connectivity index (χ3v) is 1.99. The molecule has 2 aromatic rings. The minimum absolute atomic E-state index is 0.0569. The van der Waals surface area contributed by atoms with E-state index < -0.39 is 5.97 Å². The number of pyridine rings is 1. The highest BCUT2D eigenvalue weighted by Gasteiger charge is 2.09. The van der Waals surface area contributed by atoms with Crippen LogP contribution < -0.4 is 0 Å². The molecule has 17 heavy (non-hydrogen) atoms. The van der Waals surface area contributed by atoms with E-state index in [9.17, 15) is 4.79 Å². The van der Waals surface area contributed by atoms with Gasteiger partial charge in [-0.25, -0.2) is 19.4 Å². The number of carbonyl (C=O) groups excluding carboxylic acids is 1. The number of aromatic nitrogens is 4. The second kappa shape index (κ2) is 4.40. The summed E-state index contributed by atoms with van der Waals surface area (Å²) >= 11 is 0. The van der Waals surface area contributed by atoms with Crippen LogP contribution in [0.5, 0.6) is 0 Å². The van der Waals surface area contributed by atoms with Crippen molar-refractivity contribution in [2.45, 2.75) is 0 Å². The van der Waals surface area contributed by atoms with Crippen LogP contribution in [0.25, 0.3) is 5.69 Å². The fraction of sp³-hybridized carbons (Fsp3) is 0.100. The topological polar surface area (TPSA) is 93.7 Å². The smallest absolute Gasteiger partial charge is 0.356 e. The summed E-state index contributed by atoms with van der Waals surface area (Å²) in [4.78, 5) is 18.9. The summed E-state index contributed by atoms with van der Waals surface area (Å²) in [5.74, 6) is -0.478. The first-order valence-corrected chi connectivity index (χ1v) is 4.61. The third kappa shape index (κ3) is 2.10. The van der Waals surface area contributed by atoms with Gasteiger partial charge in [-0.3, -0.25) is 0 Å². The lowest BCUT2D eigenvalue weighted by molar-refractivity contribution is 0.0594. The van der Waals surface area contributed by atoms with Crippen LogP contribution in [0.4, 0.5) is 0 Å². The number of hydrogen-bond acceptors (Lipinski definition) is 6. The average Bonchev–Trinajstić information content (AvgIpc) is 2.86. The monoisotopic (exact) mass is 229 g/mol. The molecule has 7 nitrogen and oxygen atoms in total. The largest absolute Gasteiger partial charge is 0.464 e. The van der Waals surface area contributed by atoms with Gasteiger partial charge in [-0.05, 0) is 12.1 Å². The quantitative estimate of drug-likeness (QED) is 0.688. The average molecular weight is 229 g/mol. The van der Waals surface area contributed by atoms with Gasteiger partial charge >= 0.3 is 5.97 Å². The first-order valence-electron chi connectivity index (χ1n) is 4.61. The SMILES string of the molecule is COC(=O)c1cc(-n2cnc(C#N)n2)ccn1. The van der Waals surface area contributed by atoms with Gasteiger partial charge in [0.15, 0.2) is 0 Å². The van der Waals surface area contributed by atoms with Crippen LogP contribution in [0.1, 0.15) is 16.3 Å². The molecule has 0 N–H and O–H groups in total. The Morgan fingerprint density at radius 3 is 3.00 bits per heavy atom. The minimum Gasteiger partial charge on any atom is -0.464 e. The molecule has 0 amide bonds. The van der Waals surface area contributed by atoms with Gasteiger partial charge in [-0.15, -0.1) is 5.10 Å². The predicted octanol–water partition coefficient (Wildman–Crippen LogP) is 0.321. The third-order valence-electron chi connectivity index (χ3n) is 1.99. The molecule has 0 atom stereocenters. The second-order valence-electron chi connectivity index (χ2n) is 3.02. The van der Waals surface area contributed by atoms with Crippen LogP contribution in [0.15, 0.2) is 24.7 Å². The summed E-state index contributed by atoms with van der Waals surface area (Å²) in [6.45, 7) is 0. The summed E-state index contributed by atoms with van der Waals surface area (Å²) in [6, 6.07) is 4.96. The van der Waals surface area contributed by atoms with Crippen molar-refractivity contribution in [2.24, 2.45) is 0 Å². The van der Waals surface area contributed by atoms with Crippen LogP contribution >= 0.6 is 0 Å². The summed E-state index contributed by atoms with van der Waals surface area (Å²) in [7, 11) is 1.28. The maximum absolute atomic E-state index is 11.3. The Labute approximate surface area is 96.3 Å². The van der Waals surface area contributed by atoms with Crippen LogP contribution in [0.3, 0.4) is 0 Å². The van der Waals surface area contributed by atoms with Crippen LogP contribution in [-0.2, 0) is 4.74 Å². The fourth-order valence-corrected chi connectivity index (χ4v) is 1.22. The van der Waals surface area contributed by atoms with E-state index in [2.05, 4.69) is 19.8 Å². The van der Waals surface area contributed by atoms with Gasteiger partial charge in [0.1, 0.15) is 18.1 Å². The molecular weight excluding hydrogens is 222 g/mol. The van der Waals surface area contributed by atoms with Crippen LogP contribution in [0.2, 0.25) is 0 Å². The van der Waals surface area contributed by atoms with Crippen LogP contribution in [0, 0.1) is 11.3 Å². The maximum atomic E-state index is 11.3. The molecule has 0 saturated carbocycles. The molecule has 0 unspecified atom stereocenters. The van der Waals surface area contributed by atoms with Crippen molar-refractivity contribution >= 4 is 5.97 Å². The summed E-state index contributed by atoms with van der Waals surface area (Å²) < 4.78 is 5.94. The number of hydrogen-bond donors (Lipinski definition) is 0. The molecule has 0 aromatic carbocycles. The molecule has 0 bridgehead atoms. The molecule has 2 aromatic heterocycles. The van der Waals surface area contributed by atoms with Gasteiger partial charge in [-0.1, -0.05) is 0 Å². The molecule has 0 aliphatic carbocycles. The minimum atomic E-state index is -0.535. The van der Waals surface area contributed by atoms with Crippen molar-refractivity contribution < 1.29 is 9.53 Å². The molecule has 0 fully saturated rings. The highest BCUT2D eigenvalue weighted by atomic mass is 16.5. The standard InChI is InChI=1S/C10H7N5O2/c1-17-10(16)8-4-7(2-3-12-8)15-6-13-9(5-11)14-15/h2-4,6H,1H3. The molecule has 0 radical (unpaired) electrons. The van der Waals surface area contributed by atoms with Crippen molar-refractivity contribution in [3.63, 3.8) is 0 Å². The van der Waals surface area contributed by atoms with E-state index >= 15 is 0 Å². The first-order chi connectivity index (χ1) is 8.24. The van der Waals surface area contributed by atoms with E-state index in [4.69, 9.17) is 5.26 Å². The second-order valence-corrected chi connectivity index (χ2v) is 3.02. The first kappa shape index (κ1) is 10.8. The Bertz CT molecular complexity index is 599. The molecule has 0 saturated heterocycles. The van der Waals surface area contributed by atoms with Crippen LogP contribution in [-0.4, -0.2) is 32.8 Å². The molecule has 0 aliphatic heterocycles. The van der Waals surface area contributed by atoms with Gasteiger partial charge in [-0.2, -0.15) is 5.26 Å². The molecule has 2 rings (SSSR count). The molecule has 7 heteroatoms. The number of ether oxygens (including phenoxy) is 1. The normalized spacial score (nSPS) is 9.65. The Morgan fingerprint density at radius 2 is 2.35 bits per heavy atom. The molecule has 84 valence electrons. The van der Waals surface area contributed by atoms with Gasteiger partial charge in [0.05, 0.1) is 12.8 Å². The number of carbonyl (C=O) groups is 1. The van der Waals surface area contributed by atoms with E-state index in [1.165, 1.54) is 30.4 Å². The Balaban J connectivity index is 2.40. The Kier molecular flexibility index (Phi) is 2.79. The zero-order valence-electron chi connectivity index (χ0n) is 8.86. The van der Waals surface area contributed by atoms with Gasteiger partial charge in [0.25, 0.3) is 5.82 Å². The summed E-state index contributed by atoms with van der Waals surface area (Å²) in [5, 5.41) is 12.5. The molecule has 2 heterocycles. The predicted molar refractivity (Wildman–Crippen MR) is 55.2 cm³/mol. The van der Waals surface area contributed by atoms with E-state index in [0.29, 0.717) is 5.69 Å². The van der Waals surface area contributed by atoms with Crippen molar-refractivity contribution in [1.29, 1.82) is 5.26 Å². The lowest BCUT2D eigenvalue weighted by Crippen LogP contribution is -2.05. The van der Waals surface area contributed by atoms with Gasteiger partial charge < -0.3 is 4.74 Å². The van der Waals surface area contributed by atoms with E-state index in [0.717, 1.165) is 0 Å². The van der Waals surface area contributed by atoms with E-state index in [1.54, 1.807) is 6.07 Å². The van der Waals surface area contributed by atoms with E-state index in [1.807, 2.05) is 6.07 Å². The summed E-state index contributed by atoms with van der Waals surface area (Å²) in [6.07, 6.45) is 2.84. The molecular formula is C10H7N5O2. The zero-order chi connectivity index (χ0) is 12.3. The van der Waals surface area contributed by atoms with Crippen molar-refractivity contribution in [3.8, 4) is 11.8 Å². The fourth-order valence-electron chi connectivity index (χ4n) is 1.22. The molecule has 0 spiro atoms. The van der Waals surface area contributed by atoms with Crippen molar-refractivity contribution in [3.05, 3.63) is 36.2 Å². The van der Waals surface area contributed by atoms with Gasteiger partial charge in [0, 0.05) is 6.20 Å². The zero-order valence-corrected chi connectivity index (χ0v) is 8.86. The number of rotatable bonds is 2. The highest BCUT2D eigenvalue weighted by Crippen LogP contribution is 2.07. The van der Waals surface area contributed by atoms with E-state index in [-0.39, 0.29) is 11.5 Å². The number of nitriles is 1. The lowest BCUT2D eigenvalue weighted by atomic mass is 10.3. The Hall–Kier alpha value is -2.75. The highest BCUT2D eigenvalue weighted by molar-refractivity contribution is 5.87. The van der Waals surface area contributed by atoms with Gasteiger partial charge in [0.2, 0.25) is 0 Å². The Morgan fingerprint density at radius 1 is 1.53 bits per heavy atom. The summed E-state index contributed by atoms with van der Waals surface area (Å²) in [5.41, 5.74) is 0.744. The number of esters is 1. The number of nitrogens with zero attached hydrogens (tertiary/aromatic N) is 5. The number of methoxy groups -OCH3 is 1. The van der Waals surface area contributed by atoms with Crippen molar-refractivity contribution in [2.75, 3.05) is 7.11 Å². The lowest BCUT2D eigenvalue weighted by Gasteiger charge is -2.02. The molecule has 0 aliphatic rings. The maximum Gasteiger partial charge on any atom is 0.356 e. The van der Waals surface area contributed by atoms with Crippen molar-refractivity contribution in [1.82, 2.24) is 19.7 Å².